The predicted molar refractivity (Wildman–Crippen MR) is 110 cm³/mol. The number of carbonyl (C=O) groups is 1. The van der Waals surface area contributed by atoms with Gasteiger partial charge in [0.15, 0.2) is 0 Å². The lowest BCUT2D eigenvalue weighted by molar-refractivity contribution is 0.0722. The van der Waals surface area contributed by atoms with Crippen LogP contribution in [0, 0.1) is 5.92 Å². The van der Waals surface area contributed by atoms with Crippen molar-refractivity contribution in [1.29, 1.82) is 0 Å². The zero-order valence-electron chi connectivity index (χ0n) is 17.3. The zero-order valence-corrected chi connectivity index (χ0v) is 17.3. The van der Waals surface area contributed by atoms with E-state index in [9.17, 15) is 4.79 Å². The molecular weight excluding hydrogens is 368 g/mol. The standard InChI is InChI=1S/C22H30N4O3/c1-24-20(7-8-23-24)22(27)26-10-11-29-21-6-5-17(12-19(21)15-26)13-25-9-3-4-18(14-25)16-28-2/h5-8,12,18H,3-4,9-11,13-16H2,1-2H3. The number of hydrogen-bond donors (Lipinski definition) is 0. The van der Waals surface area contributed by atoms with Crippen molar-refractivity contribution in [2.45, 2.75) is 25.9 Å². The summed E-state index contributed by atoms with van der Waals surface area (Å²) in [6.45, 7) is 5.58. The first-order valence-electron chi connectivity index (χ1n) is 10.4. The molecule has 1 saturated heterocycles. The van der Waals surface area contributed by atoms with Crippen LogP contribution < -0.4 is 4.74 Å². The van der Waals surface area contributed by atoms with Crippen LogP contribution in [0.1, 0.15) is 34.5 Å². The molecule has 1 fully saturated rings. The summed E-state index contributed by atoms with van der Waals surface area (Å²) in [6.07, 6.45) is 4.12. The minimum Gasteiger partial charge on any atom is -0.491 e. The topological polar surface area (TPSA) is 59.8 Å². The third-order valence-electron chi connectivity index (χ3n) is 5.84. The van der Waals surface area contributed by atoms with Crippen LogP contribution in [0.4, 0.5) is 0 Å². The van der Waals surface area contributed by atoms with Crippen LogP contribution in [0.2, 0.25) is 0 Å². The summed E-state index contributed by atoms with van der Waals surface area (Å²) < 4.78 is 12.9. The number of fused-ring (bicyclic) bond motifs is 1. The van der Waals surface area contributed by atoms with E-state index in [2.05, 4.69) is 28.2 Å². The fraction of sp³-hybridized carbons (Fsp3) is 0.545. The van der Waals surface area contributed by atoms with E-state index in [0.717, 1.165) is 37.6 Å². The van der Waals surface area contributed by atoms with Gasteiger partial charge in [-0.1, -0.05) is 6.07 Å². The van der Waals surface area contributed by atoms with Crippen molar-refractivity contribution in [3.05, 3.63) is 47.3 Å². The Balaban J connectivity index is 1.47. The molecule has 1 aromatic heterocycles. The maximum Gasteiger partial charge on any atom is 0.272 e. The number of methoxy groups -OCH3 is 1. The van der Waals surface area contributed by atoms with E-state index in [1.807, 2.05) is 4.90 Å². The fourth-order valence-electron chi connectivity index (χ4n) is 4.39. The number of aryl methyl sites for hydroxylation is 1. The highest BCUT2D eigenvalue weighted by molar-refractivity contribution is 5.92. The highest BCUT2D eigenvalue weighted by Crippen LogP contribution is 2.27. The second-order valence-corrected chi connectivity index (χ2v) is 8.06. The number of ether oxygens (including phenoxy) is 2. The number of benzene rings is 1. The molecule has 0 aliphatic carbocycles. The van der Waals surface area contributed by atoms with Crippen LogP contribution in [-0.4, -0.2) is 65.4 Å². The highest BCUT2D eigenvalue weighted by Gasteiger charge is 2.24. The summed E-state index contributed by atoms with van der Waals surface area (Å²) >= 11 is 0. The van der Waals surface area contributed by atoms with Crippen molar-refractivity contribution in [3.63, 3.8) is 0 Å². The normalized spacial score (nSPS) is 20.1. The van der Waals surface area contributed by atoms with Gasteiger partial charge in [0.05, 0.1) is 13.2 Å². The van der Waals surface area contributed by atoms with Crippen LogP contribution in [0.3, 0.4) is 0 Å². The molecular formula is C22H30N4O3. The van der Waals surface area contributed by atoms with Crippen molar-refractivity contribution in [3.8, 4) is 5.75 Å². The maximum atomic E-state index is 12.9. The molecule has 2 aliphatic heterocycles. The molecule has 1 aromatic carbocycles. The van der Waals surface area contributed by atoms with Gasteiger partial charge >= 0.3 is 0 Å². The summed E-state index contributed by atoms with van der Waals surface area (Å²) in [5.74, 6) is 1.49. The summed E-state index contributed by atoms with van der Waals surface area (Å²) in [4.78, 5) is 17.3. The molecule has 2 aromatic rings. The van der Waals surface area contributed by atoms with Gasteiger partial charge in [0.25, 0.3) is 5.91 Å². The Labute approximate surface area is 172 Å². The summed E-state index contributed by atoms with van der Waals surface area (Å²) in [5.41, 5.74) is 2.93. The number of amides is 1. The molecule has 1 amide bonds. The lowest BCUT2D eigenvalue weighted by atomic mass is 9.98. The Bertz CT molecular complexity index is 848. The molecule has 0 N–H and O–H groups in total. The predicted octanol–water partition coefficient (Wildman–Crippen LogP) is 2.31. The van der Waals surface area contributed by atoms with E-state index < -0.39 is 0 Å². The summed E-state index contributed by atoms with van der Waals surface area (Å²) in [6, 6.07) is 8.17. The number of aromatic nitrogens is 2. The fourth-order valence-corrected chi connectivity index (χ4v) is 4.39. The van der Waals surface area contributed by atoms with Gasteiger partial charge in [0.2, 0.25) is 0 Å². The van der Waals surface area contributed by atoms with E-state index in [-0.39, 0.29) is 5.91 Å². The van der Waals surface area contributed by atoms with Gasteiger partial charge in [-0.3, -0.25) is 14.4 Å². The lowest BCUT2D eigenvalue weighted by Crippen LogP contribution is -2.36. The molecule has 0 saturated carbocycles. The first kappa shape index (κ1) is 19.9. The van der Waals surface area contributed by atoms with Gasteiger partial charge in [-0.15, -0.1) is 0 Å². The van der Waals surface area contributed by atoms with Crippen molar-refractivity contribution in [2.24, 2.45) is 13.0 Å². The Morgan fingerprint density at radius 2 is 2.21 bits per heavy atom. The summed E-state index contributed by atoms with van der Waals surface area (Å²) in [5, 5.41) is 4.12. The van der Waals surface area contributed by atoms with Crippen LogP contribution in [-0.2, 0) is 24.9 Å². The molecule has 1 unspecified atom stereocenters. The first-order chi connectivity index (χ1) is 14.1. The largest absolute Gasteiger partial charge is 0.491 e. The Hall–Kier alpha value is -2.38. The number of hydrogen-bond acceptors (Lipinski definition) is 5. The number of carbonyl (C=O) groups excluding carboxylic acids is 1. The number of rotatable bonds is 5. The average Bonchev–Trinajstić information content (AvgIpc) is 3.03. The number of piperidine rings is 1. The van der Waals surface area contributed by atoms with E-state index in [1.54, 1.807) is 31.1 Å². The second-order valence-electron chi connectivity index (χ2n) is 8.06. The Morgan fingerprint density at radius 1 is 1.31 bits per heavy atom. The lowest BCUT2D eigenvalue weighted by Gasteiger charge is -2.32. The van der Waals surface area contributed by atoms with Crippen LogP contribution in [0.15, 0.2) is 30.5 Å². The molecule has 0 radical (unpaired) electrons. The van der Waals surface area contributed by atoms with E-state index in [4.69, 9.17) is 9.47 Å². The molecule has 7 nitrogen and oxygen atoms in total. The van der Waals surface area contributed by atoms with Crippen LogP contribution in [0.5, 0.6) is 5.75 Å². The maximum absolute atomic E-state index is 12.9. The first-order valence-corrected chi connectivity index (χ1v) is 10.4. The minimum atomic E-state index is -0.00899. The SMILES string of the molecule is COCC1CCCN(Cc2ccc3c(c2)CN(C(=O)c2ccnn2C)CCO3)C1. The van der Waals surface area contributed by atoms with Gasteiger partial charge < -0.3 is 14.4 Å². The van der Waals surface area contributed by atoms with Gasteiger partial charge in [0.1, 0.15) is 18.1 Å². The van der Waals surface area contributed by atoms with Crippen molar-refractivity contribution in [1.82, 2.24) is 19.6 Å². The molecule has 156 valence electrons. The van der Waals surface area contributed by atoms with E-state index in [1.165, 1.54) is 18.4 Å². The van der Waals surface area contributed by atoms with Gasteiger partial charge in [-0.05, 0) is 49.1 Å². The van der Waals surface area contributed by atoms with Crippen LogP contribution in [0.25, 0.3) is 0 Å². The van der Waals surface area contributed by atoms with E-state index in [0.29, 0.717) is 31.3 Å². The van der Waals surface area contributed by atoms with Crippen molar-refractivity contribution >= 4 is 5.91 Å². The molecule has 29 heavy (non-hydrogen) atoms. The van der Waals surface area contributed by atoms with Gasteiger partial charge in [-0.2, -0.15) is 5.10 Å². The monoisotopic (exact) mass is 398 g/mol. The minimum absolute atomic E-state index is 0.00899. The molecule has 1 atom stereocenters. The number of nitrogens with zero attached hydrogens (tertiary/aromatic N) is 4. The quantitative estimate of drug-likeness (QED) is 0.774. The molecule has 7 heteroatoms. The van der Waals surface area contributed by atoms with Gasteiger partial charge in [0, 0.05) is 45.6 Å². The molecule has 0 bridgehead atoms. The highest BCUT2D eigenvalue weighted by atomic mass is 16.5. The Morgan fingerprint density at radius 3 is 3.00 bits per heavy atom. The molecule has 0 spiro atoms. The van der Waals surface area contributed by atoms with Crippen LogP contribution >= 0.6 is 0 Å². The zero-order chi connectivity index (χ0) is 20.2. The average molecular weight is 399 g/mol. The second kappa shape index (κ2) is 8.97. The smallest absolute Gasteiger partial charge is 0.272 e. The third-order valence-corrected chi connectivity index (χ3v) is 5.84. The molecule has 2 aliphatic rings. The third kappa shape index (κ3) is 4.62. The van der Waals surface area contributed by atoms with E-state index >= 15 is 0 Å². The summed E-state index contributed by atoms with van der Waals surface area (Å²) in [7, 11) is 3.58. The van der Waals surface area contributed by atoms with Crippen molar-refractivity contribution < 1.29 is 14.3 Å². The Kier molecular flexibility index (Phi) is 6.16. The molecule has 4 rings (SSSR count). The van der Waals surface area contributed by atoms with Crippen molar-refractivity contribution in [2.75, 3.05) is 40.0 Å². The van der Waals surface area contributed by atoms with Gasteiger partial charge in [-0.25, -0.2) is 0 Å². The number of likely N-dealkylation sites (tertiary alicyclic amines) is 1. The molecule has 3 heterocycles.